The molecule has 41 heavy (non-hydrogen) atoms. The molecule has 1 N–H and O–H groups in total. The van der Waals surface area contributed by atoms with E-state index in [0.717, 1.165) is 39.1 Å². The van der Waals surface area contributed by atoms with Gasteiger partial charge in [-0.2, -0.15) is 0 Å². The highest BCUT2D eigenvalue weighted by Crippen LogP contribution is 2.37. The molecule has 2 atom stereocenters. The molecule has 0 spiro atoms. The van der Waals surface area contributed by atoms with Crippen molar-refractivity contribution in [3.8, 4) is 0 Å². The Morgan fingerprint density at radius 2 is 1.17 bits per heavy atom. The van der Waals surface area contributed by atoms with Crippen LogP contribution in [0.4, 0.5) is 0 Å². The molecule has 0 aromatic heterocycles. The van der Waals surface area contributed by atoms with Crippen molar-refractivity contribution in [2.24, 2.45) is 4.99 Å². The lowest BCUT2D eigenvalue weighted by molar-refractivity contribution is 0.528. The first-order valence-corrected chi connectivity index (χ1v) is 15.3. The average Bonchev–Trinajstić information content (AvgIpc) is 3.01. The Kier molecular flexibility index (Phi) is 8.88. The number of aliphatic imine (C=N–C) groups is 1. The quantitative estimate of drug-likeness (QED) is 0.179. The van der Waals surface area contributed by atoms with Gasteiger partial charge in [0.15, 0.2) is 0 Å². The third-order valence-electron chi connectivity index (χ3n) is 7.30. The normalized spacial score (nSPS) is 12.8. The van der Waals surface area contributed by atoms with E-state index in [9.17, 15) is 8.42 Å². The Morgan fingerprint density at radius 3 is 1.73 bits per heavy atom. The van der Waals surface area contributed by atoms with Gasteiger partial charge in [-0.25, -0.2) is 13.1 Å². The van der Waals surface area contributed by atoms with Gasteiger partial charge in [-0.3, -0.25) is 4.99 Å². The Balaban J connectivity index is 1.66. The number of nitrogens with zero attached hydrogens (tertiary/aromatic N) is 1. The third-order valence-corrected chi connectivity index (χ3v) is 8.74. The summed E-state index contributed by atoms with van der Waals surface area (Å²) in [5.41, 5.74) is 7.05. The molecule has 5 rings (SSSR count). The lowest BCUT2D eigenvalue weighted by atomic mass is 9.85. The number of hydrogen-bond acceptors (Lipinski definition) is 3. The van der Waals surface area contributed by atoms with Crippen molar-refractivity contribution in [2.45, 2.75) is 30.7 Å². The molecule has 0 aliphatic carbocycles. The standard InChI is InChI=1S/C36H34N2O2S/c1-27-22-24-32(25-23-27)41(39,40)37-26-34(29-15-6-3-7-16-29)36(33-21-13-12-14-28(33)2)38-35(30-17-8-4-9-18-30)31-19-10-5-11-20-31/h3-25,34,36-37H,26H2,1-2H3/t34-,36+/m0/s1. The molecular formula is C36H34N2O2S. The minimum Gasteiger partial charge on any atom is -0.275 e. The molecule has 0 radical (unpaired) electrons. The number of nitrogens with one attached hydrogen (secondary N) is 1. The van der Waals surface area contributed by atoms with Crippen molar-refractivity contribution in [1.29, 1.82) is 0 Å². The zero-order valence-corrected chi connectivity index (χ0v) is 24.1. The lowest BCUT2D eigenvalue weighted by Crippen LogP contribution is -2.31. The number of aryl methyl sites for hydroxylation is 2. The lowest BCUT2D eigenvalue weighted by Gasteiger charge is -2.28. The molecule has 0 saturated heterocycles. The van der Waals surface area contributed by atoms with Gasteiger partial charge in [-0.15, -0.1) is 0 Å². The van der Waals surface area contributed by atoms with E-state index in [4.69, 9.17) is 4.99 Å². The Bertz CT molecular complexity index is 1660. The van der Waals surface area contributed by atoms with E-state index in [1.807, 2.05) is 85.8 Å². The maximum absolute atomic E-state index is 13.4. The van der Waals surface area contributed by atoms with Crippen molar-refractivity contribution < 1.29 is 8.42 Å². The number of rotatable bonds is 10. The summed E-state index contributed by atoms with van der Waals surface area (Å²) >= 11 is 0. The van der Waals surface area contributed by atoms with Crippen LogP contribution in [0.15, 0.2) is 149 Å². The molecule has 0 bridgehead atoms. The minimum atomic E-state index is -3.74. The second kappa shape index (κ2) is 12.9. The molecule has 0 unspecified atom stereocenters. The molecule has 5 heteroatoms. The van der Waals surface area contributed by atoms with Gasteiger partial charge in [0.1, 0.15) is 0 Å². The molecule has 0 saturated carbocycles. The van der Waals surface area contributed by atoms with Crippen molar-refractivity contribution in [1.82, 2.24) is 4.72 Å². The van der Waals surface area contributed by atoms with Gasteiger partial charge >= 0.3 is 0 Å². The minimum absolute atomic E-state index is 0.180. The van der Waals surface area contributed by atoms with E-state index in [1.165, 1.54) is 0 Å². The second-order valence-corrected chi connectivity index (χ2v) is 12.0. The van der Waals surface area contributed by atoms with Gasteiger partial charge in [0.25, 0.3) is 0 Å². The fourth-order valence-corrected chi connectivity index (χ4v) is 6.11. The van der Waals surface area contributed by atoms with Crippen LogP contribution in [0.1, 0.15) is 45.3 Å². The largest absolute Gasteiger partial charge is 0.275 e. The maximum Gasteiger partial charge on any atom is 0.240 e. The summed E-state index contributed by atoms with van der Waals surface area (Å²) < 4.78 is 29.8. The zero-order chi connectivity index (χ0) is 28.7. The zero-order valence-electron chi connectivity index (χ0n) is 23.3. The third kappa shape index (κ3) is 6.88. The molecule has 0 aliphatic rings. The van der Waals surface area contributed by atoms with Gasteiger partial charge in [0.2, 0.25) is 10.0 Å². The Hall–Kier alpha value is -4.32. The van der Waals surface area contributed by atoms with Gasteiger partial charge in [-0.1, -0.05) is 133 Å². The maximum atomic E-state index is 13.4. The van der Waals surface area contributed by atoms with E-state index < -0.39 is 10.0 Å². The van der Waals surface area contributed by atoms with Crippen molar-refractivity contribution in [2.75, 3.05) is 6.54 Å². The van der Waals surface area contributed by atoms with E-state index in [2.05, 4.69) is 60.2 Å². The van der Waals surface area contributed by atoms with Crippen molar-refractivity contribution >= 4 is 15.7 Å². The molecule has 0 fully saturated rings. The van der Waals surface area contributed by atoms with Gasteiger partial charge in [0.05, 0.1) is 16.6 Å². The Labute approximate surface area is 243 Å². The first kappa shape index (κ1) is 28.2. The van der Waals surface area contributed by atoms with Crippen molar-refractivity contribution in [3.05, 3.63) is 173 Å². The number of sulfonamides is 1. The van der Waals surface area contributed by atoms with Gasteiger partial charge in [0, 0.05) is 23.6 Å². The highest BCUT2D eigenvalue weighted by atomic mass is 32.2. The molecule has 5 aromatic carbocycles. The van der Waals surface area contributed by atoms with E-state index in [0.29, 0.717) is 0 Å². The van der Waals surface area contributed by atoms with E-state index in [-0.39, 0.29) is 23.4 Å². The van der Waals surface area contributed by atoms with E-state index >= 15 is 0 Å². The number of hydrogen-bond donors (Lipinski definition) is 1. The Morgan fingerprint density at radius 1 is 0.659 bits per heavy atom. The molecule has 0 amide bonds. The van der Waals surface area contributed by atoms with Crippen molar-refractivity contribution in [3.63, 3.8) is 0 Å². The van der Waals surface area contributed by atoms with Crippen LogP contribution in [0.3, 0.4) is 0 Å². The van der Waals surface area contributed by atoms with Crippen LogP contribution in [0.2, 0.25) is 0 Å². The fraction of sp³-hybridized carbons (Fsp3) is 0.139. The van der Waals surface area contributed by atoms with E-state index in [1.54, 1.807) is 12.1 Å². The molecule has 4 nitrogen and oxygen atoms in total. The summed E-state index contributed by atoms with van der Waals surface area (Å²) in [5.74, 6) is -0.278. The van der Waals surface area contributed by atoms with Gasteiger partial charge < -0.3 is 0 Å². The van der Waals surface area contributed by atoms with Crippen LogP contribution >= 0.6 is 0 Å². The predicted molar refractivity (Wildman–Crippen MR) is 168 cm³/mol. The summed E-state index contributed by atoms with van der Waals surface area (Å²) in [6.45, 7) is 4.21. The highest BCUT2D eigenvalue weighted by Gasteiger charge is 2.29. The van der Waals surface area contributed by atoms with Crippen LogP contribution in [0.25, 0.3) is 0 Å². The summed E-state index contributed by atoms with van der Waals surface area (Å²) in [5, 5.41) is 0. The first-order chi connectivity index (χ1) is 19.9. The molecule has 206 valence electrons. The first-order valence-electron chi connectivity index (χ1n) is 13.8. The van der Waals surface area contributed by atoms with Crippen LogP contribution in [-0.2, 0) is 10.0 Å². The van der Waals surface area contributed by atoms with Gasteiger partial charge in [-0.05, 0) is 42.7 Å². The van der Waals surface area contributed by atoms with Crippen LogP contribution in [0.5, 0.6) is 0 Å². The van der Waals surface area contributed by atoms with Crippen LogP contribution < -0.4 is 4.72 Å². The molecule has 5 aromatic rings. The topological polar surface area (TPSA) is 58.5 Å². The molecular weight excluding hydrogens is 524 g/mol. The highest BCUT2D eigenvalue weighted by molar-refractivity contribution is 7.89. The van der Waals surface area contributed by atoms with Crippen LogP contribution in [-0.4, -0.2) is 20.7 Å². The summed E-state index contributed by atoms with van der Waals surface area (Å²) in [6, 6.07) is 45.2. The summed E-state index contributed by atoms with van der Waals surface area (Å²) in [6.07, 6.45) is 0. The summed E-state index contributed by atoms with van der Waals surface area (Å²) in [7, 11) is -3.74. The number of benzene rings is 5. The SMILES string of the molecule is Cc1ccc(S(=O)(=O)NC[C@@H](c2ccccc2)[C@H](N=C(c2ccccc2)c2ccccc2)c2ccccc2C)cc1. The second-order valence-electron chi connectivity index (χ2n) is 10.2. The predicted octanol–water partition coefficient (Wildman–Crippen LogP) is 7.64. The smallest absolute Gasteiger partial charge is 0.240 e. The fourth-order valence-electron chi connectivity index (χ4n) is 5.05. The monoisotopic (exact) mass is 558 g/mol. The average molecular weight is 559 g/mol. The summed E-state index contributed by atoms with van der Waals surface area (Å²) in [4.78, 5) is 5.74. The molecule has 0 heterocycles. The van der Waals surface area contributed by atoms with Crippen LogP contribution in [0, 0.1) is 13.8 Å². The molecule has 0 aliphatic heterocycles.